The second-order valence-corrected chi connectivity index (χ2v) is 7.79. The molecule has 0 aliphatic rings. The molecule has 7 heteroatoms. The highest BCUT2D eigenvalue weighted by atomic mass is 32.2. The Bertz CT molecular complexity index is 1260. The van der Waals surface area contributed by atoms with E-state index in [4.69, 9.17) is 14.1 Å². The van der Waals surface area contributed by atoms with Crippen molar-refractivity contribution in [2.75, 3.05) is 7.11 Å². The van der Waals surface area contributed by atoms with Crippen LogP contribution in [0.2, 0.25) is 0 Å². The maximum atomic E-state index is 13.2. The number of hydrogen-bond donors (Lipinski definition) is 0. The van der Waals surface area contributed by atoms with E-state index in [-0.39, 0.29) is 11.3 Å². The number of rotatable bonds is 6. The summed E-state index contributed by atoms with van der Waals surface area (Å²) in [5, 5.41) is 1.16. The van der Waals surface area contributed by atoms with Crippen LogP contribution in [0.5, 0.6) is 0 Å². The fraction of sp³-hybridized carbons (Fsp3) is 0.174. The number of aryl methyl sites for hydroxylation is 1. The minimum absolute atomic E-state index is 0.0935. The third-order valence-electron chi connectivity index (χ3n) is 4.76. The lowest BCUT2D eigenvalue weighted by molar-refractivity contribution is 0.0564. The van der Waals surface area contributed by atoms with Crippen molar-refractivity contribution in [1.82, 2.24) is 9.55 Å². The molecule has 0 N–H and O–H groups in total. The Morgan fingerprint density at radius 1 is 1.13 bits per heavy atom. The summed E-state index contributed by atoms with van der Waals surface area (Å²) in [6, 6.07) is 17.1. The standard InChI is InChI=1S/C23H20N2O4S/c1-15-7-9-16(10-8-15)13-25-21(26)18-5-3-4-6-19(18)24-23(25)30-14-17-11-12-29-20(17)22(27)28-2/h3-12H,13-14H2,1-2H3. The van der Waals surface area contributed by atoms with Gasteiger partial charge in [0.25, 0.3) is 5.56 Å². The highest BCUT2D eigenvalue weighted by molar-refractivity contribution is 7.98. The number of esters is 1. The fourth-order valence-corrected chi connectivity index (χ4v) is 4.11. The van der Waals surface area contributed by atoms with Crippen LogP contribution in [0.4, 0.5) is 0 Å². The normalized spacial score (nSPS) is 11.0. The number of carbonyl (C=O) groups excluding carboxylic acids is 1. The molecule has 0 bridgehead atoms. The van der Waals surface area contributed by atoms with Gasteiger partial charge in [0.1, 0.15) is 0 Å². The molecule has 6 nitrogen and oxygen atoms in total. The molecule has 0 saturated carbocycles. The molecule has 0 fully saturated rings. The van der Waals surface area contributed by atoms with Crippen LogP contribution in [0.1, 0.15) is 27.2 Å². The average Bonchev–Trinajstić information content (AvgIpc) is 3.24. The van der Waals surface area contributed by atoms with Gasteiger partial charge in [0, 0.05) is 11.3 Å². The lowest BCUT2D eigenvalue weighted by Gasteiger charge is -2.13. The molecule has 2 aromatic carbocycles. The van der Waals surface area contributed by atoms with Crippen molar-refractivity contribution in [2.45, 2.75) is 24.4 Å². The molecule has 0 saturated heterocycles. The summed E-state index contributed by atoms with van der Waals surface area (Å²) in [7, 11) is 1.31. The van der Waals surface area contributed by atoms with Crippen LogP contribution in [0.15, 0.2) is 75.2 Å². The number of carbonyl (C=O) groups is 1. The van der Waals surface area contributed by atoms with Gasteiger partial charge in [-0.3, -0.25) is 9.36 Å². The molecule has 4 rings (SSSR count). The number of furan rings is 1. The molecule has 2 heterocycles. The Morgan fingerprint density at radius 2 is 1.90 bits per heavy atom. The van der Waals surface area contributed by atoms with Crippen molar-refractivity contribution in [1.29, 1.82) is 0 Å². The summed E-state index contributed by atoms with van der Waals surface area (Å²) in [5.74, 6) is 0.0527. The van der Waals surface area contributed by atoms with Crippen molar-refractivity contribution in [2.24, 2.45) is 0 Å². The van der Waals surface area contributed by atoms with Gasteiger partial charge in [-0.1, -0.05) is 53.7 Å². The van der Waals surface area contributed by atoms with Crippen LogP contribution in [0.25, 0.3) is 10.9 Å². The fourth-order valence-electron chi connectivity index (χ4n) is 3.14. The van der Waals surface area contributed by atoms with Crippen molar-refractivity contribution < 1.29 is 13.9 Å². The molecule has 4 aromatic rings. The molecule has 0 atom stereocenters. The number of hydrogen-bond acceptors (Lipinski definition) is 6. The van der Waals surface area contributed by atoms with E-state index in [1.807, 2.05) is 49.4 Å². The Morgan fingerprint density at radius 3 is 2.67 bits per heavy atom. The number of benzene rings is 2. The van der Waals surface area contributed by atoms with E-state index in [0.29, 0.717) is 33.9 Å². The molecule has 30 heavy (non-hydrogen) atoms. The first-order valence-corrected chi connectivity index (χ1v) is 10.4. The first-order chi connectivity index (χ1) is 14.6. The molecule has 0 unspecified atom stereocenters. The summed E-state index contributed by atoms with van der Waals surface area (Å²) in [6.45, 7) is 2.44. The minimum atomic E-state index is -0.529. The van der Waals surface area contributed by atoms with E-state index in [0.717, 1.165) is 11.1 Å². The number of thioether (sulfide) groups is 1. The van der Waals surface area contributed by atoms with Crippen LogP contribution in [0.3, 0.4) is 0 Å². The molecule has 0 aliphatic carbocycles. The van der Waals surface area contributed by atoms with Gasteiger partial charge >= 0.3 is 5.97 Å². The maximum absolute atomic E-state index is 13.2. The molecule has 0 amide bonds. The molecular formula is C23H20N2O4S. The highest BCUT2D eigenvalue weighted by Crippen LogP contribution is 2.25. The lowest BCUT2D eigenvalue weighted by atomic mass is 10.1. The summed E-state index contributed by atoms with van der Waals surface area (Å²) in [5.41, 5.74) is 3.42. The zero-order valence-corrected chi connectivity index (χ0v) is 17.4. The van der Waals surface area contributed by atoms with E-state index in [2.05, 4.69) is 0 Å². The maximum Gasteiger partial charge on any atom is 0.374 e. The topological polar surface area (TPSA) is 74.3 Å². The third kappa shape index (κ3) is 4.02. The van der Waals surface area contributed by atoms with Gasteiger partial charge < -0.3 is 9.15 Å². The molecule has 152 valence electrons. The summed E-state index contributed by atoms with van der Waals surface area (Å²) in [4.78, 5) is 29.8. The Labute approximate surface area is 177 Å². The van der Waals surface area contributed by atoms with Crippen LogP contribution < -0.4 is 5.56 Å². The van der Waals surface area contributed by atoms with Gasteiger partial charge in [0.15, 0.2) is 5.16 Å². The second kappa shape index (κ2) is 8.59. The van der Waals surface area contributed by atoms with Gasteiger partial charge in [0.2, 0.25) is 5.76 Å². The van der Waals surface area contributed by atoms with Crippen molar-refractivity contribution in [3.8, 4) is 0 Å². The first kappa shape index (κ1) is 20.0. The van der Waals surface area contributed by atoms with Crippen molar-refractivity contribution >= 4 is 28.6 Å². The lowest BCUT2D eigenvalue weighted by Crippen LogP contribution is -2.24. The van der Waals surface area contributed by atoms with Crippen molar-refractivity contribution in [3.05, 3.63) is 93.7 Å². The van der Waals surface area contributed by atoms with E-state index in [1.54, 1.807) is 16.7 Å². The largest absolute Gasteiger partial charge is 0.463 e. The third-order valence-corrected chi connectivity index (χ3v) is 5.79. The number of methoxy groups -OCH3 is 1. The van der Waals surface area contributed by atoms with Gasteiger partial charge in [-0.15, -0.1) is 0 Å². The SMILES string of the molecule is COC(=O)c1occc1CSc1nc2ccccc2c(=O)n1Cc1ccc(C)cc1. The molecule has 0 spiro atoms. The summed E-state index contributed by atoms with van der Waals surface area (Å²) >= 11 is 1.38. The van der Waals surface area contributed by atoms with Gasteiger partial charge in [-0.2, -0.15) is 0 Å². The average molecular weight is 420 g/mol. The molecule has 0 radical (unpaired) electrons. The van der Waals surface area contributed by atoms with Gasteiger partial charge in [-0.05, 0) is 30.7 Å². The Hall–Kier alpha value is -3.32. The van der Waals surface area contributed by atoms with Gasteiger partial charge in [0.05, 0.1) is 30.8 Å². The van der Waals surface area contributed by atoms with Crippen LogP contribution in [-0.2, 0) is 17.0 Å². The number of ether oxygens (including phenoxy) is 1. The number of para-hydroxylation sites is 1. The molecule has 2 aromatic heterocycles. The number of fused-ring (bicyclic) bond motifs is 1. The predicted molar refractivity (Wildman–Crippen MR) is 116 cm³/mol. The van der Waals surface area contributed by atoms with Crippen molar-refractivity contribution in [3.63, 3.8) is 0 Å². The first-order valence-electron chi connectivity index (χ1n) is 9.39. The quantitative estimate of drug-likeness (QED) is 0.261. The molecule has 0 aliphatic heterocycles. The van der Waals surface area contributed by atoms with Crippen LogP contribution >= 0.6 is 11.8 Å². The molecular weight excluding hydrogens is 400 g/mol. The zero-order chi connectivity index (χ0) is 21.1. The number of aromatic nitrogens is 2. The smallest absolute Gasteiger partial charge is 0.374 e. The second-order valence-electron chi connectivity index (χ2n) is 6.84. The van der Waals surface area contributed by atoms with E-state index >= 15 is 0 Å². The highest BCUT2D eigenvalue weighted by Gasteiger charge is 2.18. The van der Waals surface area contributed by atoms with Gasteiger partial charge in [-0.25, -0.2) is 9.78 Å². The Balaban J connectivity index is 1.72. The summed E-state index contributed by atoms with van der Waals surface area (Å²) in [6.07, 6.45) is 1.45. The number of nitrogens with zero attached hydrogens (tertiary/aromatic N) is 2. The van der Waals surface area contributed by atoms with E-state index in [1.165, 1.54) is 25.1 Å². The van der Waals surface area contributed by atoms with E-state index < -0.39 is 5.97 Å². The Kier molecular flexibility index (Phi) is 5.72. The monoisotopic (exact) mass is 420 g/mol. The van der Waals surface area contributed by atoms with Crippen LogP contribution in [-0.4, -0.2) is 22.6 Å². The summed E-state index contributed by atoms with van der Waals surface area (Å²) < 4.78 is 11.7. The van der Waals surface area contributed by atoms with E-state index in [9.17, 15) is 9.59 Å². The predicted octanol–water partition coefficient (Wildman–Crippen LogP) is 4.43. The minimum Gasteiger partial charge on any atom is -0.463 e. The van der Waals surface area contributed by atoms with Crippen LogP contribution in [0, 0.1) is 6.92 Å². The zero-order valence-electron chi connectivity index (χ0n) is 16.6.